The zero-order chi connectivity index (χ0) is 20.1. The Morgan fingerprint density at radius 2 is 1.83 bits per heavy atom. The van der Waals surface area contributed by atoms with E-state index in [1.165, 1.54) is 5.56 Å². The Balaban J connectivity index is 1.38. The molecule has 1 aliphatic heterocycles. The summed E-state index contributed by atoms with van der Waals surface area (Å²) in [6.45, 7) is 0.744. The number of amides is 1. The number of rotatable bonds is 6. The summed E-state index contributed by atoms with van der Waals surface area (Å²) in [6.07, 6.45) is 2.14. The van der Waals surface area contributed by atoms with Crippen molar-refractivity contribution in [1.29, 1.82) is 0 Å². The number of benzene rings is 2. The molecule has 1 amide bonds. The van der Waals surface area contributed by atoms with Crippen molar-refractivity contribution >= 4 is 23.2 Å². The molecule has 7 nitrogen and oxygen atoms in total. The molecule has 0 fully saturated rings. The summed E-state index contributed by atoms with van der Waals surface area (Å²) in [5.41, 5.74) is 2.47. The monoisotopic (exact) mass is 390 g/mol. The van der Waals surface area contributed by atoms with Crippen molar-refractivity contribution in [2.24, 2.45) is 0 Å². The molecule has 0 saturated carbocycles. The number of aromatic nitrogens is 2. The van der Waals surface area contributed by atoms with E-state index in [2.05, 4.69) is 38.6 Å². The number of fused-ring (bicyclic) bond motifs is 1. The topological polar surface area (TPSA) is 76.6 Å². The highest BCUT2D eigenvalue weighted by Crippen LogP contribution is 2.32. The molecule has 2 heterocycles. The van der Waals surface area contributed by atoms with Crippen LogP contribution >= 0.6 is 0 Å². The second kappa shape index (κ2) is 8.60. The van der Waals surface area contributed by atoms with Crippen LogP contribution in [-0.2, 0) is 11.2 Å². The van der Waals surface area contributed by atoms with Crippen LogP contribution in [0, 0.1) is 0 Å². The van der Waals surface area contributed by atoms with E-state index in [1.54, 1.807) is 25.3 Å². The Morgan fingerprint density at radius 3 is 2.62 bits per heavy atom. The average molecular weight is 390 g/mol. The van der Waals surface area contributed by atoms with Gasteiger partial charge in [-0.05, 0) is 48.7 Å². The van der Waals surface area contributed by atoms with Crippen molar-refractivity contribution in [2.75, 3.05) is 30.5 Å². The van der Waals surface area contributed by atoms with Gasteiger partial charge in [0.05, 0.1) is 7.11 Å². The van der Waals surface area contributed by atoms with Crippen molar-refractivity contribution in [3.8, 4) is 11.5 Å². The fourth-order valence-electron chi connectivity index (χ4n) is 3.37. The maximum atomic E-state index is 12.2. The van der Waals surface area contributed by atoms with Crippen LogP contribution in [0.5, 0.6) is 11.5 Å². The second-order valence-electron chi connectivity index (χ2n) is 6.65. The molecule has 0 spiro atoms. The molecule has 4 rings (SSSR count). The molecular weight excluding hydrogens is 368 g/mol. The quantitative estimate of drug-likeness (QED) is 0.693. The molecule has 0 saturated heterocycles. The molecule has 2 aromatic carbocycles. The highest BCUT2D eigenvalue weighted by atomic mass is 16.5. The van der Waals surface area contributed by atoms with Gasteiger partial charge in [0.25, 0.3) is 5.91 Å². The first-order valence-electron chi connectivity index (χ1n) is 9.49. The van der Waals surface area contributed by atoms with E-state index < -0.39 is 0 Å². The van der Waals surface area contributed by atoms with Gasteiger partial charge in [0.2, 0.25) is 0 Å². The molecular formula is C22H22N4O3. The maximum Gasteiger partial charge on any atom is 0.263 e. The van der Waals surface area contributed by atoms with Gasteiger partial charge in [-0.1, -0.05) is 30.3 Å². The lowest BCUT2D eigenvalue weighted by molar-refractivity contribution is -0.118. The van der Waals surface area contributed by atoms with Crippen LogP contribution in [0.2, 0.25) is 0 Å². The highest BCUT2D eigenvalue weighted by molar-refractivity contribution is 5.91. The minimum Gasteiger partial charge on any atom is -0.493 e. The number of hydrogen-bond acceptors (Lipinski definition) is 6. The molecule has 0 radical (unpaired) electrons. The van der Waals surface area contributed by atoms with Crippen molar-refractivity contribution in [2.45, 2.75) is 12.8 Å². The lowest BCUT2D eigenvalue weighted by atomic mass is 10.0. The standard InChI is InChI=1S/C22H22N4O3/c1-28-18-10-4-5-11-19(18)29-15-22(27)23-20-12-13-21(25-24-20)26-14-6-8-16-7-2-3-9-17(16)26/h2-5,7,9-13H,6,8,14-15H2,1H3,(H,23,24,27). The summed E-state index contributed by atoms with van der Waals surface area (Å²) in [7, 11) is 1.56. The molecule has 1 aliphatic rings. The lowest BCUT2D eigenvalue weighted by Crippen LogP contribution is -2.26. The number of ether oxygens (including phenoxy) is 2. The predicted octanol–water partition coefficient (Wildman–Crippen LogP) is 3.59. The smallest absolute Gasteiger partial charge is 0.263 e. The van der Waals surface area contributed by atoms with Crippen molar-refractivity contribution < 1.29 is 14.3 Å². The van der Waals surface area contributed by atoms with Gasteiger partial charge >= 0.3 is 0 Å². The van der Waals surface area contributed by atoms with E-state index in [1.807, 2.05) is 24.3 Å². The SMILES string of the molecule is COc1ccccc1OCC(=O)Nc1ccc(N2CCCc3ccccc32)nn1. The Kier molecular flexibility index (Phi) is 5.56. The number of hydrogen-bond donors (Lipinski definition) is 1. The van der Waals surface area contributed by atoms with Gasteiger partial charge in [-0.15, -0.1) is 10.2 Å². The summed E-state index contributed by atoms with van der Waals surface area (Å²) in [5, 5.41) is 11.2. The van der Waals surface area contributed by atoms with Gasteiger partial charge in [-0.25, -0.2) is 0 Å². The molecule has 0 bridgehead atoms. The molecule has 0 atom stereocenters. The summed E-state index contributed by atoms with van der Waals surface area (Å²) in [6, 6.07) is 19.1. The van der Waals surface area contributed by atoms with Crippen LogP contribution in [-0.4, -0.2) is 36.4 Å². The summed E-state index contributed by atoms with van der Waals surface area (Å²) < 4.78 is 10.7. The van der Waals surface area contributed by atoms with Crippen LogP contribution in [0.4, 0.5) is 17.3 Å². The van der Waals surface area contributed by atoms with Crippen molar-refractivity contribution in [3.63, 3.8) is 0 Å². The fourth-order valence-corrected chi connectivity index (χ4v) is 3.37. The minimum absolute atomic E-state index is 0.149. The van der Waals surface area contributed by atoms with Gasteiger partial charge in [0, 0.05) is 12.2 Å². The average Bonchev–Trinajstić information content (AvgIpc) is 2.78. The van der Waals surface area contributed by atoms with E-state index >= 15 is 0 Å². The molecule has 148 valence electrons. The summed E-state index contributed by atoms with van der Waals surface area (Å²) in [5.74, 6) is 1.91. The van der Waals surface area contributed by atoms with E-state index in [0.29, 0.717) is 17.3 Å². The molecule has 1 aromatic heterocycles. The molecule has 29 heavy (non-hydrogen) atoms. The normalized spacial score (nSPS) is 12.8. The Bertz CT molecular complexity index is 991. The van der Waals surface area contributed by atoms with Gasteiger partial charge in [-0.3, -0.25) is 4.79 Å². The van der Waals surface area contributed by atoms with Crippen LogP contribution in [0.1, 0.15) is 12.0 Å². The zero-order valence-corrected chi connectivity index (χ0v) is 16.2. The first-order chi connectivity index (χ1) is 14.2. The maximum absolute atomic E-state index is 12.2. The fraction of sp³-hybridized carbons (Fsp3) is 0.227. The molecule has 7 heteroatoms. The van der Waals surface area contributed by atoms with Crippen LogP contribution < -0.4 is 19.7 Å². The van der Waals surface area contributed by atoms with Crippen LogP contribution in [0.25, 0.3) is 0 Å². The van der Waals surface area contributed by atoms with E-state index in [4.69, 9.17) is 9.47 Å². The number of anilines is 3. The summed E-state index contributed by atoms with van der Waals surface area (Å²) >= 11 is 0. The number of aryl methyl sites for hydroxylation is 1. The third-order valence-electron chi connectivity index (χ3n) is 4.73. The Morgan fingerprint density at radius 1 is 1.03 bits per heavy atom. The second-order valence-corrected chi connectivity index (χ2v) is 6.65. The number of carbonyl (C=O) groups excluding carboxylic acids is 1. The van der Waals surface area contributed by atoms with E-state index in [0.717, 1.165) is 30.9 Å². The highest BCUT2D eigenvalue weighted by Gasteiger charge is 2.19. The zero-order valence-electron chi connectivity index (χ0n) is 16.2. The number of methoxy groups -OCH3 is 1. The van der Waals surface area contributed by atoms with Gasteiger partial charge in [-0.2, -0.15) is 0 Å². The van der Waals surface area contributed by atoms with Gasteiger partial charge in [0.15, 0.2) is 29.7 Å². The Hall–Kier alpha value is -3.61. The number of nitrogens with one attached hydrogen (secondary N) is 1. The molecule has 0 aliphatic carbocycles. The number of para-hydroxylation sites is 3. The Labute approximate surface area is 169 Å². The van der Waals surface area contributed by atoms with Crippen molar-refractivity contribution in [3.05, 3.63) is 66.2 Å². The van der Waals surface area contributed by atoms with E-state index in [9.17, 15) is 4.79 Å². The lowest BCUT2D eigenvalue weighted by Gasteiger charge is -2.29. The summed E-state index contributed by atoms with van der Waals surface area (Å²) in [4.78, 5) is 14.3. The number of nitrogens with zero attached hydrogens (tertiary/aromatic N) is 3. The van der Waals surface area contributed by atoms with Gasteiger partial charge < -0.3 is 19.7 Å². The molecule has 0 unspecified atom stereocenters. The predicted molar refractivity (Wildman–Crippen MR) is 111 cm³/mol. The third kappa shape index (κ3) is 4.29. The van der Waals surface area contributed by atoms with E-state index in [-0.39, 0.29) is 12.5 Å². The van der Waals surface area contributed by atoms with Crippen LogP contribution in [0.3, 0.4) is 0 Å². The first-order valence-corrected chi connectivity index (χ1v) is 9.49. The van der Waals surface area contributed by atoms with Gasteiger partial charge in [0.1, 0.15) is 0 Å². The third-order valence-corrected chi connectivity index (χ3v) is 4.73. The minimum atomic E-state index is -0.318. The van der Waals surface area contributed by atoms with Crippen molar-refractivity contribution in [1.82, 2.24) is 10.2 Å². The number of carbonyl (C=O) groups is 1. The molecule has 3 aromatic rings. The van der Waals surface area contributed by atoms with Crippen LogP contribution in [0.15, 0.2) is 60.7 Å². The molecule has 1 N–H and O–H groups in total. The first kappa shape index (κ1) is 18.7. The largest absolute Gasteiger partial charge is 0.493 e.